The van der Waals surface area contributed by atoms with Crippen molar-refractivity contribution in [3.05, 3.63) is 35.4 Å². The molecular formula is C17H22N2O2. The number of hydrogen-bond acceptors (Lipinski definition) is 3. The van der Waals surface area contributed by atoms with Gasteiger partial charge in [0, 0.05) is 18.6 Å². The van der Waals surface area contributed by atoms with Gasteiger partial charge in [-0.3, -0.25) is 4.79 Å². The van der Waals surface area contributed by atoms with Crippen molar-refractivity contribution in [2.75, 3.05) is 19.7 Å². The molecule has 1 aromatic rings. The van der Waals surface area contributed by atoms with Crippen LogP contribution >= 0.6 is 0 Å². The van der Waals surface area contributed by atoms with Crippen LogP contribution in [0.3, 0.4) is 0 Å². The Labute approximate surface area is 125 Å². The quantitative estimate of drug-likeness (QED) is 0.853. The van der Waals surface area contributed by atoms with Gasteiger partial charge in [-0.25, -0.2) is 0 Å². The summed E-state index contributed by atoms with van der Waals surface area (Å²) in [6.45, 7) is 2.60. The van der Waals surface area contributed by atoms with Crippen LogP contribution < -0.4 is 5.32 Å². The Bertz CT molecular complexity index is 531. The number of amides is 1. The Morgan fingerprint density at radius 3 is 3.00 bits per heavy atom. The van der Waals surface area contributed by atoms with E-state index in [4.69, 9.17) is 4.74 Å². The van der Waals surface area contributed by atoms with Gasteiger partial charge in [-0.05, 0) is 43.4 Å². The van der Waals surface area contributed by atoms with Crippen LogP contribution in [-0.4, -0.2) is 42.6 Å². The number of benzene rings is 1. The fourth-order valence-corrected chi connectivity index (χ4v) is 4.08. The number of nitrogens with zero attached hydrogens (tertiary/aromatic N) is 1. The van der Waals surface area contributed by atoms with Crippen LogP contribution in [0.4, 0.5) is 0 Å². The van der Waals surface area contributed by atoms with Gasteiger partial charge in [0.15, 0.2) is 6.10 Å². The minimum atomic E-state index is -0.392. The van der Waals surface area contributed by atoms with Crippen molar-refractivity contribution < 1.29 is 9.53 Å². The Morgan fingerprint density at radius 2 is 2.05 bits per heavy atom. The standard InChI is InChI=1S/C17H22N2O2/c20-17(19-13-5-6-14(19)11-18-9-7-13)16-15-4-2-1-3-12(15)8-10-21-16/h1-4,13-14,16,18H,5-11H2. The average molecular weight is 286 g/mol. The molecule has 4 nitrogen and oxygen atoms in total. The molecule has 0 saturated carbocycles. The lowest BCUT2D eigenvalue weighted by Gasteiger charge is -2.34. The summed E-state index contributed by atoms with van der Waals surface area (Å²) >= 11 is 0. The summed E-state index contributed by atoms with van der Waals surface area (Å²) in [7, 11) is 0. The number of rotatable bonds is 1. The lowest BCUT2D eigenvalue weighted by molar-refractivity contribution is -0.147. The summed E-state index contributed by atoms with van der Waals surface area (Å²) in [6, 6.07) is 8.97. The van der Waals surface area contributed by atoms with Gasteiger partial charge in [0.2, 0.25) is 0 Å². The number of hydrogen-bond donors (Lipinski definition) is 1. The van der Waals surface area contributed by atoms with Crippen LogP contribution in [0, 0.1) is 0 Å². The molecule has 3 heterocycles. The normalized spacial score (nSPS) is 31.6. The molecule has 1 N–H and O–H groups in total. The zero-order valence-electron chi connectivity index (χ0n) is 12.3. The van der Waals surface area contributed by atoms with Crippen molar-refractivity contribution in [3.63, 3.8) is 0 Å². The van der Waals surface area contributed by atoms with E-state index in [-0.39, 0.29) is 5.91 Å². The molecular weight excluding hydrogens is 264 g/mol. The third-order valence-electron chi connectivity index (χ3n) is 5.13. The van der Waals surface area contributed by atoms with Gasteiger partial charge >= 0.3 is 0 Å². The fraction of sp³-hybridized carbons (Fsp3) is 0.588. The van der Waals surface area contributed by atoms with Crippen molar-refractivity contribution in [3.8, 4) is 0 Å². The lowest BCUT2D eigenvalue weighted by Crippen LogP contribution is -2.46. The smallest absolute Gasteiger partial charge is 0.256 e. The van der Waals surface area contributed by atoms with Crippen molar-refractivity contribution in [2.24, 2.45) is 0 Å². The van der Waals surface area contributed by atoms with E-state index < -0.39 is 6.10 Å². The summed E-state index contributed by atoms with van der Waals surface area (Å²) in [6.07, 6.45) is 3.85. The highest BCUT2D eigenvalue weighted by molar-refractivity contribution is 5.84. The third-order valence-corrected chi connectivity index (χ3v) is 5.13. The summed E-state index contributed by atoms with van der Waals surface area (Å²) in [4.78, 5) is 15.2. The third kappa shape index (κ3) is 2.27. The maximum Gasteiger partial charge on any atom is 0.256 e. The lowest BCUT2D eigenvalue weighted by atomic mass is 9.96. The molecule has 0 radical (unpaired) electrons. The largest absolute Gasteiger partial charge is 0.363 e. The molecule has 0 aromatic heterocycles. The molecule has 4 rings (SSSR count). The van der Waals surface area contributed by atoms with Crippen LogP contribution in [0.5, 0.6) is 0 Å². The molecule has 1 aromatic carbocycles. The number of fused-ring (bicyclic) bond motifs is 3. The first-order valence-electron chi connectivity index (χ1n) is 8.07. The van der Waals surface area contributed by atoms with E-state index in [9.17, 15) is 4.79 Å². The van der Waals surface area contributed by atoms with Crippen molar-refractivity contribution in [1.29, 1.82) is 0 Å². The first-order valence-corrected chi connectivity index (χ1v) is 8.07. The number of carbonyl (C=O) groups is 1. The van der Waals surface area contributed by atoms with E-state index in [0.717, 1.165) is 44.3 Å². The van der Waals surface area contributed by atoms with Gasteiger partial charge in [-0.2, -0.15) is 0 Å². The highest BCUT2D eigenvalue weighted by atomic mass is 16.5. The Kier molecular flexibility index (Phi) is 3.43. The topological polar surface area (TPSA) is 41.6 Å². The van der Waals surface area contributed by atoms with E-state index in [2.05, 4.69) is 22.3 Å². The molecule has 4 heteroatoms. The van der Waals surface area contributed by atoms with Gasteiger partial charge in [-0.15, -0.1) is 0 Å². The molecule has 21 heavy (non-hydrogen) atoms. The van der Waals surface area contributed by atoms with E-state index in [0.29, 0.717) is 18.7 Å². The summed E-state index contributed by atoms with van der Waals surface area (Å²) < 4.78 is 5.87. The molecule has 3 aliphatic rings. The first-order chi connectivity index (χ1) is 10.3. The number of carbonyl (C=O) groups excluding carboxylic acids is 1. The van der Waals surface area contributed by atoms with Crippen LogP contribution in [-0.2, 0) is 16.0 Å². The van der Waals surface area contributed by atoms with E-state index in [1.54, 1.807) is 0 Å². The molecule has 3 aliphatic heterocycles. The van der Waals surface area contributed by atoms with Gasteiger partial charge < -0.3 is 15.0 Å². The highest BCUT2D eigenvalue weighted by Crippen LogP contribution is 2.34. The molecule has 2 fully saturated rings. The van der Waals surface area contributed by atoms with E-state index in [1.165, 1.54) is 5.56 Å². The maximum absolute atomic E-state index is 13.1. The van der Waals surface area contributed by atoms with E-state index >= 15 is 0 Å². The van der Waals surface area contributed by atoms with E-state index in [1.807, 2.05) is 12.1 Å². The summed E-state index contributed by atoms with van der Waals surface area (Å²) in [5.41, 5.74) is 2.34. The predicted molar refractivity (Wildman–Crippen MR) is 80.0 cm³/mol. The second kappa shape index (κ2) is 5.43. The predicted octanol–water partition coefficient (Wildman–Crippen LogP) is 1.65. The average Bonchev–Trinajstić information content (AvgIpc) is 2.79. The Balaban J connectivity index is 1.63. The summed E-state index contributed by atoms with van der Waals surface area (Å²) in [5, 5.41) is 3.45. The molecule has 0 spiro atoms. The molecule has 2 saturated heterocycles. The number of nitrogens with one attached hydrogen (secondary N) is 1. The van der Waals surface area contributed by atoms with Crippen LogP contribution in [0.15, 0.2) is 24.3 Å². The summed E-state index contributed by atoms with van der Waals surface area (Å²) in [5.74, 6) is 0.179. The van der Waals surface area contributed by atoms with Gasteiger partial charge in [0.05, 0.1) is 6.61 Å². The van der Waals surface area contributed by atoms with Gasteiger partial charge in [0.25, 0.3) is 5.91 Å². The van der Waals surface area contributed by atoms with Gasteiger partial charge in [0.1, 0.15) is 0 Å². The molecule has 1 amide bonds. The number of ether oxygens (including phenoxy) is 1. The van der Waals surface area contributed by atoms with Gasteiger partial charge in [-0.1, -0.05) is 24.3 Å². The molecule has 2 bridgehead atoms. The van der Waals surface area contributed by atoms with Crippen molar-refractivity contribution in [2.45, 2.75) is 43.9 Å². The highest BCUT2D eigenvalue weighted by Gasteiger charge is 2.42. The minimum absolute atomic E-state index is 0.179. The Morgan fingerprint density at radius 1 is 1.19 bits per heavy atom. The second-order valence-corrected chi connectivity index (χ2v) is 6.32. The Hall–Kier alpha value is -1.39. The van der Waals surface area contributed by atoms with Crippen LogP contribution in [0.2, 0.25) is 0 Å². The maximum atomic E-state index is 13.1. The second-order valence-electron chi connectivity index (χ2n) is 6.32. The zero-order valence-corrected chi connectivity index (χ0v) is 12.3. The molecule has 0 aliphatic carbocycles. The van der Waals surface area contributed by atoms with Crippen LogP contribution in [0.1, 0.15) is 36.5 Å². The van der Waals surface area contributed by atoms with Crippen molar-refractivity contribution in [1.82, 2.24) is 10.2 Å². The van der Waals surface area contributed by atoms with Crippen molar-refractivity contribution >= 4 is 5.91 Å². The zero-order chi connectivity index (χ0) is 14.2. The fourth-order valence-electron chi connectivity index (χ4n) is 4.08. The SMILES string of the molecule is O=C(C1OCCc2ccccc21)N1C2CCNCC1CC2. The molecule has 3 unspecified atom stereocenters. The van der Waals surface area contributed by atoms with Crippen LogP contribution in [0.25, 0.3) is 0 Å². The minimum Gasteiger partial charge on any atom is -0.363 e. The monoisotopic (exact) mass is 286 g/mol. The first kappa shape index (κ1) is 13.3. The molecule has 112 valence electrons. The molecule has 3 atom stereocenters.